The lowest BCUT2D eigenvalue weighted by atomic mass is 10.0. The Labute approximate surface area is 132 Å². The van der Waals surface area contributed by atoms with Crippen LogP contribution in [0.3, 0.4) is 0 Å². The molecule has 0 saturated carbocycles. The zero-order valence-corrected chi connectivity index (χ0v) is 12.6. The first-order valence-corrected chi connectivity index (χ1v) is 7.42. The van der Waals surface area contributed by atoms with Crippen molar-refractivity contribution in [1.82, 2.24) is 20.2 Å². The molecule has 1 aliphatic heterocycles. The van der Waals surface area contributed by atoms with E-state index in [1.54, 1.807) is 6.08 Å². The zero-order chi connectivity index (χ0) is 16.2. The fourth-order valence-corrected chi connectivity index (χ4v) is 2.38. The highest BCUT2D eigenvalue weighted by molar-refractivity contribution is 5.90. The number of carboxylic acids is 1. The van der Waals surface area contributed by atoms with E-state index in [0.29, 0.717) is 18.3 Å². The van der Waals surface area contributed by atoms with Crippen LogP contribution in [0.1, 0.15) is 31.4 Å². The van der Waals surface area contributed by atoms with Crippen LogP contribution in [0.2, 0.25) is 0 Å². The lowest BCUT2D eigenvalue weighted by molar-refractivity contribution is -0.132. The van der Waals surface area contributed by atoms with Crippen molar-refractivity contribution in [3.63, 3.8) is 0 Å². The molecule has 8 heteroatoms. The number of hydrogen-bond donors (Lipinski definition) is 2. The second kappa shape index (κ2) is 6.47. The average Bonchev–Trinajstić information content (AvgIpc) is 3.03. The summed E-state index contributed by atoms with van der Waals surface area (Å²) < 4.78 is 7.38. The van der Waals surface area contributed by atoms with Gasteiger partial charge < -0.3 is 15.2 Å². The van der Waals surface area contributed by atoms with Crippen LogP contribution in [0, 0.1) is 0 Å². The highest BCUT2D eigenvalue weighted by Gasteiger charge is 2.28. The normalized spacial score (nSPS) is 16.2. The summed E-state index contributed by atoms with van der Waals surface area (Å²) in [5, 5.41) is 23.3. The standard InChI is InChI=1S/C15H17N5O3/c1-2-3-8-23-13-7-5-4-6-10(13)12-9-11(14(21)22)16-15-17-18-19-20(12)15/h4-7,9,12H,2-3,8H2,1H3,(H,21,22)(H,16,17,19). The number of aliphatic carboxylic acids is 1. The number of hydrogen-bond acceptors (Lipinski definition) is 6. The second-order valence-corrected chi connectivity index (χ2v) is 5.14. The molecule has 1 unspecified atom stereocenters. The Morgan fingerprint density at radius 2 is 2.26 bits per heavy atom. The van der Waals surface area contributed by atoms with Crippen molar-refractivity contribution in [3.8, 4) is 5.75 Å². The van der Waals surface area contributed by atoms with Crippen molar-refractivity contribution in [2.75, 3.05) is 11.9 Å². The zero-order valence-electron chi connectivity index (χ0n) is 12.6. The van der Waals surface area contributed by atoms with Gasteiger partial charge in [-0.05, 0) is 29.0 Å². The molecule has 2 N–H and O–H groups in total. The number of nitrogens with one attached hydrogen (secondary N) is 1. The summed E-state index contributed by atoms with van der Waals surface area (Å²) in [6.45, 7) is 2.70. The Balaban J connectivity index is 1.99. The van der Waals surface area contributed by atoms with Gasteiger partial charge in [-0.3, -0.25) is 0 Å². The van der Waals surface area contributed by atoms with E-state index in [1.807, 2.05) is 24.3 Å². The number of para-hydroxylation sites is 1. The Morgan fingerprint density at radius 1 is 1.43 bits per heavy atom. The monoisotopic (exact) mass is 315 g/mol. The SMILES string of the molecule is CCCCOc1ccccc1C1C=C(C(=O)O)Nc2nnnn21. The van der Waals surface area contributed by atoms with Crippen LogP contribution in [-0.4, -0.2) is 37.9 Å². The molecular formula is C15H17N5O3. The quantitative estimate of drug-likeness (QED) is 0.784. The van der Waals surface area contributed by atoms with Crippen molar-refractivity contribution in [2.45, 2.75) is 25.8 Å². The molecule has 0 bridgehead atoms. The first-order chi connectivity index (χ1) is 11.2. The predicted octanol–water partition coefficient (Wildman–Crippen LogP) is 1.84. The maximum absolute atomic E-state index is 11.3. The minimum atomic E-state index is -1.06. The number of tetrazole rings is 1. The number of fused-ring (bicyclic) bond motifs is 1. The number of anilines is 1. The second-order valence-electron chi connectivity index (χ2n) is 5.14. The average molecular weight is 315 g/mol. The predicted molar refractivity (Wildman–Crippen MR) is 82.1 cm³/mol. The molecule has 0 saturated heterocycles. The van der Waals surface area contributed by atoms with Gasteiger partial charge in [0.2, 0.25) is 5.95 Å². The summed E-state index contributed by atoms with van der Waals surface area (Å²) in [6.07, 6.45) is 3.57. The van der Waals surface area contributed by atoms with Gasteiger partial charge in [0.25, 0.3) is 0 Å². The van der Waals surface area contributed by atoms with Gasteiger partial charge in [0.05, 0.1) is 6.61 Å². The highest BCUT2D eigenvalue weighted by atomic mass is 16.5. The number of benzene rings is 1. The van der Waals surface area contributed by atoms with Crippen LogP contribution in [0.4, 0.5) is 5.95 Å². The fourth-order valence-electron chi connectivity index (χ4n) is 2.38. The third-order valence-electron chi connectivity index (χ3n) is 3.55. The topological polar surface area (TPSA) is 102 Å². The molecule has 1 atom stereocenters. The molecule has 23 heavy (non-hydrogen) atoms. The van der Waals surface area contributed by atoms with Gasteiger partial charge in [0, 0.05) is 5.56 Å². The van der Waals surface area contributed by atoms with Crippen LogP contribution >= 0.6 is 0 Å². The number of allylic oxidation sites excluding steroid dienone is 1. The molecule has 0 fully saturated rings. The lowest BCUT2D eigenvalue weighted by Crippen LogP contribution is -2.24. The molecule has 0 aliphatic carbocycles. The number of ether oxygens (including phenoxy) is 1. The van der Waals surface area contributed by atoms with Crippen molar-refractivity contribution >= 4 is 11.9 Å². The summed E-state index contributed by atoms with van der Waals surface area (Å²) in [6, 6.07) is 7.07. The first-order valence-electron chi connectivity index (χ1n) is 7.42. The third-order valence-corrected chi connectivity index (χ3v) is 3.55. The Hall–Kier alpha value is -2.90. The molecule has 1 aromatic carbocycles. The minimum Gasteiger partial charge on any atom is -0.493 e. The van der Waals surface area contributed by atoms with Crippen LogP contribution in [0.25, 0.3) is 0 Å². The van der Waals surface area contributed by atoms with E-state index in [4.69, 9.17) is 4.74 Å². The summed E-state index contributed by atoms with van der Waals surface area (Å²) in [7, 11) is 0. The number of aromatic nitrogens is 4. The molecular weight excluding hydrogens is 298 g/mol. The third kappa shape index (κ3) is 3.01. The van der Waals surface area contributed by atoms with E-state index in [2.05, 4.69) is 27.8 Å². The molecule has 3 rings (SSSR count). The molecule has 0 radical (unpaired) electrons. The molecule has 120 valence electrons. The van der Waals surface area contributed by atoms with Crippen LogP contribution in [0.5, 0.6) is 5.75 Å². The Morgan fingerprint density at radius 3 is 3.04 bits per heavy atom. The van der Waals surface area contributed by atoms with Gasteiger partial charge in [-0.1, -0.05) is 36.6 Å². The van der Waals surface area contributed by atoms with E-state index >= 15 is 0 Å². The van der Waals surface area contributed by atoms with Crippen molar-refractivity contribution in [1.29, 1.82) is 0 Å². The maximum Gasteiger partial charge on any atom is 0.352 e. The van der Waals surface area contributed by atoms with Crippen molar-refractivity contribution in [2.24, 2.45) is 0 Å². The molecule has 1 aliphatic rings. The molecule has 0 amide bonds. The molecule has 1 aromatic heterocycles. The summed E-state index contributed by atoms with van der Waals surface area (Å²) in [4.78, 5) is 11.3. The van der Waals surface area contributed by atoms with Crippen molar-refractivity contribution in [3.05, 3.63) is 41.6 Å². The Kier molecular flexibility index (Phi) is 4.22. The van der Waals surface area contributed by atoms with E-state index in [-0.39, 0.29) is 5.70 Å². The molecule has 2 aromatic rings. The molecule has 8 nitrogen and oxygen atoms in total. The lowest BCUT2D eigenvalue weighted by Gasteiger charge is -2.23. The number of carbonyl (C=O) groups is 1. The highest BCUT2D eigenvalue weighted by Crippen LogP contribution is 2.33. The number of rotatable bonds is 6. The minimum absolute atomic E-state index is 0.0423. The largest absolute Gasteiger partial charge is 0.493 e. The number of unbranched alkanes of at least 4 members (excludes halogenated alkanes) is 1. The number of carboxylic acid groups (broad SMARTS) is 1. The summed E-state index contributed by atoms with van der Waals surface area (Å²) in [5.41, 5.74) is 0.859. The van der Waals surface area contributed by atoms with Gasteiger partial charge in [-0.15, -0.1) is 0 Å². The Bertz CT molecular complexity index is 740. The number of nitrogens with zero attached hydrogens (tertiary/aromatic N) is 4. The summed E-state index contributed by atoms with van der Waals surface area (Å²) in [5.74, 6) is -0.0674. The fraction of sp³-hybridized carbons (Fsp3) is 0.333. The van der Waals surface area contributed by atoms with Crippen molar-refractivity contribution < 1.29 is 14.6 Å². The molecule has 2 heterocycles. The van der Waals surface area contributed by atoms with Gasteiger partial charge >= 0.3 is 5.97 Å². The van der Waals surface area contributed by atoms with E-state index in [9.17, 15) is 9.90 Å². The van der Waals surface area contributed by atoms with Gasteiger partial charge in [0.1, 0.15) is 17.5 Å². The van der Waals surface area contributed by atoms with E-state index < -0.39 is 12.0 Å². The van der Waals surface area contributed by atoms with Crippen LogP contribution in [0.15, 0.2) is 36.0 Å². The van der Waals surface area contributed by atoms with E-state index in [0.717, 1.165) is 18.4 Å². The maximum atomic E-state index is 11.3. The van der Waals surface area contributed by atoms with Gasteiger partial charge in [-0.25, -0.2) is 4.79 Å². The smallest absolute Gasteiger partial charge is 0.352 e. The van der Waals surface area contributed by atoms with Crippen LogP contribution < -0.4 is 10.1 Å². The van der Waals surface area contributed by atoms with E-state index in [1.165, 1.54) is 4.68 Å². The van der Waals surface area contributed by atoms with Crippen LogP contribution in [-0.2, 0) is 4.79 Å². The van der Waals surface area contributed by atoms with Gasteiger partial charge in [0.15, 0.2) is 0 Å². The summed E-state index contributed by atoms with van der Waals surface area (Å²) >= 11 is 0. The first kappa shape index (κ1) is 15.0. The van der Waals surface area contributed by atoms with Gasteiger partial charge in [-0.2, -0.15) is 4.68 Å². The molecule has 0 spiro atoms.